The number of nitrogens with zero attached hydrogens (tertiary/aromatic N) is 1. The Morgan fingerprint density at radius 1 is 1.00 bits per heavy atom. The molecule has 0 fully saturated rings. The van der Waals surface area contributed by atoms with E-state index in [4.69, 9.17) is 4.74 Å². The molecule has 0 unspecified atom stereocenters. The van der Waals surface area contributed by atoms with E-state index in [0.29, 0.717) is 18.0 Å². The zero-order chi connectivity index (χ0) is 25.0. The maximum atomic E-state index is 13.5. The van der Waals surface area contributed by atoms with Gasteiger partial charge in [0.15, 0.2) is 11.5 Å². The molecule has 1 heterocycles. The predicted octanol–water partition coefficient (Wildman–Crippen LogP) is 5.42. The number of ether oxygens (including phenoxy) is 1. The summed E-state index contributed by atoms with van der Waals surface area (Å²) in [6.07, 6.45) is 2.44. The second-order valence-corrected chi connectivity index (χ2v) is 9.93. The number of amides is 2. The molecule has 0 saturated heterocycles. The summed E-state index contributed by atoms with van der Waals surface area (Å²) in [5.41, 5.74) is 4.78. The van der Waals surface area contributed by atoms with Crippen LogP contribution in [0.3, 0.4) is 0 Å². The summed E-state index contributed by atoms with van der Waals surface area (Å²) in [6.45, 7) is 8.82. The maximum Gasteiger partial charge on any atom is 0.294 e. The van der Waals surface area contributed by atoms with Crippen molar-refractivity contribution >= 4 is 23.6 Å². The Morgan fingerprint density at radius 3 is 2.49 bits per heavy atom. The Kier molecular flexibility index (Phi) is 7.06. The summed E-state index contributed by atoms with van der Waals surface area (Å²) in [7, 11) is 0. The van der Waals surface area contributed by atoms with E-state index < -0.39 is 0 Å². The summed E-state index contributed by atoms with van der Waals surface area (Å²) < 4.78 is 6.02. The van der Waals surface area contributed by atoms with Crippen molar-refractivity contribution < 1.29 is 14.3 Å². The molecule has 35 heavy (non-hydrogen) atoms. The molecule has 0 atom stereocenters. The Labute approximate surface area is 207 Å². The number of hydrogen-bond acceptors (Lipinski definition) is 3. The number of fused-ring (bicyclic) bond motifs is 1. The lowest BCUT2D eigenvalue weighted by atomic mass is 9.86. The third-order valence-electron chi connectivity index (χ3n) is 6.01. The van der Waals surface area contributed by atoms with Gasteiger partial charge in [0.1, 0.15) is 6.54 Å². The molecule has 0 aliphatic carbocycles. The summed E-state index contributed by atoms with van der Waals surface area (Å²) in [6, 6.07) is 23.6. The normalized spacial score (nSPS) is 14.5. The first kappa shape index (κ1) is 24.3. The predicted molar refractivity (Wildman–Crippen MR) is 140 cm³/mol. The number of aryl methyl sites for hydroxylation is 1. The summed E-state index contributed by atoms with van der Waals surface area (Å²) in [5, 5.41) is 2.97. The van der Waals surface area contributed by atoms with Crippen LogP contribution in [0.4, 0.5) is 5.69 Å². The van der Waals surface area contributed by atoms with Crippen LogP contribution in [-0.2, 0) is 21.4 Å². The molecule has 1 N–H and O–H groups in total. The first-order chi connectivity index (χ1) is 16.7. The average molecular weight is 469 g/mol. The third-order valence-corrected chi connectivity index (χ3v) is 6.01. The van der Waals surface area contributed by atoms with E-state index in [1.54, 1.807) is 6.08 Å². The maximum absolute atomic E-state index is 13.5. The second-order valence-electron chi connectivity index (χ2n) is 9.93. The van der Waals surface area contributed by atoms with Gasteiger partial charge >= 0.3 is 0 Å². The van der Waals surface area contributed by atoms with Gasteiger partial charge in [-0.25, -0.2) is 0 Å². The highest BCUT2D eigenvalue weighted by molar-refractivity contribution is 6.12. The van der Waals surface area contributed by atoms with E-state index in [2.05, 4.69) is 51.2 Å². The van der Waals surface area contributed by atoms with Crippen LogP contribution >= 0.6 is 0 Å². The van der Waals surface area contributed by atoms with E-state index in [0.717, 1.165) is 17.5 Å². The molecule has 5 nitrogen and oxygen atoms in total. The van der Waals surface area contributed by atoms with Gasteiger partial charge in [0, 0.05) is 6.54 Å². The van der Waals surface area contributed by atoms with Gasteiger partial charge in [0.25, 0.3) is 5.91 Å². The number of anilines is 1. The first-order valence-corrected chi connectivity index (χ1v) is 11.9. The summed E-state index contributed by atoms with van der Waals surface area (Å²) in [5.74, 6) is 0.215. The molecule has 4 rings (SSSR count). The van der Waals surface area contributed by atoms with Gasteiger partial charge in [0.05, 0.1) is 5.69 Å². The minimum atomic E-state index is -0.332. The highest BCUT2D eigenvalue weighted by atomic mass is 16.5. The summed E-state index contributed by atoms with van der Waals surface area (Å²) >= 11 is 0. The molecule has 2 amide bonds. The molecule has 1 aliphatic heterocycles. The Morgan fingerprint density at radius 2 is 1.77 bits per heavy atom. The highest BCUT2D eigenvalue weighted by Gasteiger charge is 2.33. The van der Waals surface area contributed by atoms with Crippen LogP contribution in [-0.4, -0.2) is 24.9 Å². The topological polar surface area (TPSA) is 58.6 Å². The van der Waals surface area contributed by atoms with Crippen LogP contribution in [0.5, 0.6) is 5.75 Å². The van der Waals surface area contributed by atoms with E-state index >= 15 is 0 Å². The molecule has 1 aliphatic rings. The zero-order valence-corrected chi connectivity index (χ0v) is 20.8. The van der Waals surface area contributed by atoms with Crippen molar-refractivity contribution in [3.63, 3.8) is 0 Å². The molecule has 3 aromatic rings. The van der Waals surface area contributed by atoms with Crippen molar-refractivity contribution in [3.8, 4) is 5.75 Å². The number of hydrogen-bond donors (Lipinski definition) is 1. The number of carbonyl (C=O) groups excluding carboxylic acids is 2. The zero-order valence-electron chi connectivity index (χ0n) is 20.8. The quantitative estimate of drug-likeness (QED) is 0.492. The lowest BCUT2D eigenvalue weighted by Crippen LogP contribution is -2.44. The fourth-order valence-electron chi connectivity index (χ4n) is 4.05. The molecule has 180 valence electrons. The molecular weight excluding hydrogens is 436 g/mol. The SMILES string of the molecule is Cc1cccc(CCNC(=O)CN2C(=O)/C(=C/c3ccccc3)Oc3ccc(C(C)(C)C)cc32)c1. The molecule has 0 radical (unpaired) electrons. The van der Waals surface area contributed by atoms with Crippen molar-refractivity contribution in [2.24, 2.45) is 0 Å². The van der Waals surface area contributed by atoms with Crippen LogP contribution in [0.2, 0.25) is 0 Å². The smallest absolute Gasteiger partial charge is 0.294 e. The van der Waals surface area contributed by atoms with Crippen molar-refractivity contribution in [3.05, 3.63) is 101 Å². The van der Waals surface area contributed by atoms with Crippen molar-refractivity contribution in [2.45, 2.75) is 39.5 Å². The molecule has 5 heteroatoms. The van der Waals surface area contributed by atoms with Crippen molar-refractivity contribution in [1.29, 1.82) is 0 Å². The highest BCUT2D eigenvalue weighted by Crippen LogP contribution is 2.39. The molecule has 0 bridgehead atoms. The van der Waals surface area contributed by atoms with Gasteiger partial charge in [-0.1, -0.05) is 87.0 Å². The van der Waals surface area contributed by atoms with Crippen LogP contribution in [0.15, 0.2) is 78.6 Å². The van der Waals surface area contributed by atoms with Crippen molar-refractivity contribution in [2.75, 3.05) is 18.0 Å². The number of benzene rings is 3. The number of nitrogens with one attached hydrogen (secondary N) is 1. The van der Waals surface area contributed by atoms with E-state index in [-0.39, 0.29) is 29.5 Å². The van der Waals surface area contributed by atoms with Gasteiger partial charge in [0.2, 0.25) is 5.91 Å². The Balaban J connectivity index is 1.57. The fraction of sp³-hybridized carbons (Fsp3) is 0.267. The van der Waals surface area contributed by atoms with Gasteiger partial charge in [-0.15, -0.1) is 0 Å². The molecule has 0 aromatic heterocycles. The second kappa shape index (κ2) is 10.2. The van der Waals surface area contributed by atoms with Crippen LogP contribution < -0.4 is 15.0 Å². The monoisotopic (exact) mass is 468 g/mol. The largest absolute Gasteiger partial charge is 0.449 e. The van der Waals surface area contributed by atoms with Gasteiger partial charge in [-0.05, 0) is 53.7 Å². The van der Waals surface area contributed by atoms with Crippen LogP contribution in [0, 0.1) is 6.92 Å². The molecule has 0 spiro atoms. The Bertz CT molecular complexity index is 1260. The number of rotatable bonds is 6. The third kappa shape index (κ3) is 5.99. The first-order valence-electron chi connectivity index (χ1n) is 11.9. The van der Waals surface area contributed by atoms with E-state index in [9.17, 15) is 9.59 Å². The fourth-order valence-corrected chi connectivity index (χ4v) is 4.05. The average Bonchev–Trinajstić information content (AvgIpc) is 2.81. The van der Waals surface area contributed by atoms with Gasteiger partial charge in [-0.3, -0.25) is 14.5 Å². The lowest BCUT2D eigenvalue weighted by Gasteiger charge is -2.32. The van der Waals surface area contributed by atoms with Crippen molar-refractivity contribution in [1.82, 2.24) is 5.32 Å². The molecular formula is C30H32N2O3. The van der Waals surface area contributed by atoms with E-state index in [1.807, 2.05) is 54.6 Å². The lowest BCUT2D eigenvalue weighted by molar-refractivity contribution is -0.123. The Hall–Kier alpha value is -3.86. The van der Waals surface area contributed by atoms with E-state index in [1.165, 1.54) is 16.0 Å². The summed E-state index contributed by atoms with van der Waals surface area (Å²) in [4.78, 5) is 27.9. The minimum absolute atomic E-state index is 0.0806. The van der Waals surface area contributed by atoms with Gasteiger partial charge < -0.3 is 10.1 Å². The standard InChI is InChI=1S/C30H32N2O3/c1-21-9-8-12-23(17-21)15-16-31-28(33)20-32-25-19-24(30(2,3)4)13-14-26(25)35-27(29(32)34)18-22-10-6-5-7-11-22/h5-14,17-19H,15-16,20H2,1-4H3,(H,31,33)/b27-18-. The van der Waals surface area contributed by atoms with Gasteiger partial charge in [-0.2, -0.15) is 0 Å². The minimum Gasteiger partial charge on any atom is -0.449 e. The van der Waals surface area contributed by atoms with Crippen LogP contribution in [0.25, 0.3) is 6.08 Å². The molecule has 3 aromatic carbocycles. The molecule has 0 saturated carbocycles. The number of carbonyl (C=O) groups is 2. The van der Waals surface area contributed by atoms with Crippen LogP contribution in [0.1, 0.15) is 43.0 Å².